The average molecular weight is 306 g/mol. The molecule has 0 saturated heterocycles. The summed E-state index contributed by atoms with van der Waals surface area (Å²) in [5, 5.41) is 2.79. The Balaban J connectivity index is 2.08. The summed E-state index contributed by atoms with van der Waals surface area (Å²) >= 11 is 5.91. The van der Waals surface area contributed by atoms with E-state index in [1.807, 2.05) is 30.3 Å². The smallest absolute Gasteiger partial charge is 0.254 e. The van der Waals surface area contributed by atoms with E-state index < -0.39 is 11.7 Å². The van der Waals surface area contributed by atoms with Crippen LogP contribution in [0, 0.1) is 12.7 Å². The average Bonchev–Trinajstić information content (AvgIpc) is 2.50. The zero-order chi connectivity index (χ0) is 15.2. The van der Waals surface area contributed by atoms with E-state index in [-0.39, 0.29) is 17.5 Å². The van der Waals surface area contributed by atoms with Gasteiger partial charge < -0.3 is 5.32 Å². The van der Waals surface area contributed by atoms with Crippen LogP contribution in [0.25, 0.3) is 0 Å². The van der Waals surface area contributed by atoms with Crippen LogP contribution < -0.4 is 5.32 Å². The molecule has 4 heteroatoms. The lowest BCUT2D eigenvalue weighted by atomic mass is 10.1. The van der Waals surface area contributed by atoms with Crippen molar-refractivity contribution in [3.63, 3.8) is 0 Å². The molecular formula is C17H17ClFNO. The topological polar surface area (TPSA) is 29.1 Å². The van der Waals surface area contributed by atoms with Crippen molar-refractivity contribution in [2.24, 2.45) is 0 Å². The Labute approximate surface area is 128 Å². The lowest BCUT2D eigenvalue weighted by molar-refractivity contribution is 0.0936. The molecule has 110 valence electrons. The molecule has 21 heavy (non-hydrogen) atoms. The van der Waals surface area contributed by atoms with E-state index in [9.17, 15) is 9.18 Å². The SMILES string of the molecule is Cc1cccc(C(=O)NC(CCl)Cc2ccccc2)c1F. The quantitative estimate of drug-likeness (QED) is 0.838. The van der Waals surface area contributed by atoms with Crippen LogP contribution >= 0.6 is 11.6 Å². The molecule has 0 heterocycles. The first-order chi connectivity index (χ1) is 10.1. The molecular weight excluding hydrogens is 289 g/mol. The Morgan fingerprint density at radius 3 is 2.57 bits per heavy atom. The molecule has 0 aliphatic carbocycles. The number of halogens is 2. The Kier molecular flexibility index (Phi) is 5.34. The van der Waals surface area contributed by atoms with E-state index in [0.717, 1.165) is 5.56 Å². The summed E-state index contributed by atoms with van der Waals surface area (Å²) < 4.78 is 13.9. The minimum absolute atomic E-state index is 0.0539. The number of hydrogen-bond acceptors (Lipinski definition) is 1. The molecule has 0 aromatic heterocycles. The van der Waals surface area contributed by atoms with Crippen molar-refractivity contribution in [2.45, 2.75) is 19.4 Å². The third-order valence-corrected chi connectivity index (χ3v) is 3.66. The fraction of sp³-hybridized carbons (Fsp3) is 0.235. The largest absolute Gasteiger partial charge is 0.348 e. The van der Waals surface area contributed by atoms with Crippen LogP contribution in [-0.4, -0.2) is 17.8 Å². The van der Waals surface area contributed by atoms with E-state index >= 15 is 0 Å². The molecule has 1 unspecified atom stereocenters. The van der Waals surface area contributed by atoms with Gasteiger partial charge in [0.2, 0.25) is 0 Å². The van der Waals surface area contributed by atoms with Gasteiger partial charge in [-0.15, -0.1) is 11.6 Å². The Morgan fingerprint density at radius 1 is 1.19 bits per heavy atom. The second-order valence-corrected chi connectivity index (χ2v) is 5.26. The van der Waals surface area contributed by atoms with Crippen molar-refractivity contribution in [1.29, 1.82) is 0 Å². The maximum Gasteiger partial charge on any atom is 0.254 e. The molecule has 0 spiro atoms. The molecule has 1 amide bonds. The molecule has 0 radical (unpaired) electrons. The highest BCUT2D eigenvalue weighted by molar-refractivity contribution is 6.18. The molecule has 1 atom stereocenters. The minimum atomic E-state index is -0.483. The Bertz CT molecular complexity index is 615. The molecule has 0 aliphatic rings. The van der Waals surface area contributed by atoms with Crippen LogP contribution in [0.3, 0.4) is 0 Å². The molecule has 0 bridgehead atoms. The van der Waals surface area contributed by atoms with Crippen LogP contribution in [-0.2, 0) is 6.42 Å². The zero-order valence-electron chi connectivity index (χ0n) is 11.8. The van der Waals surface area contributed by atoms with Gasteiger partial charge in [-0.25, -0.2) is 4.39 Å². The van der Waals surface area contributed by atoms with Gasteiger partial charge in [-0.05, 0) is 30.5 Å². The summed E-state index contributed by atoms with van der Waals surface area (Å²) in [6.07, 6.45) is 0.615. The van der Waals surface area contributed by atoms with Gasteiger partial charge in [-0.2, -0.15) is 0 Å². The molecule has 1 N–H and O–H groups in total. The lowest BCUT2D eigenvalue weighted by Crippen LogP contribution is -2.38. The number of carbonyl (C=O) groups excluding carboxylic acids is 1. The summed E-state index contributed by atoms with van der Waals surface area (Å²) in [6, 6.07) is 14.3. The lowest BCUT2D eigenvalue weighted by Gasteiger charge is -2.16. The van der Waals surface area contributed by atoms with Gasteiger partial charge >= 0.3 is 0 Å². The van der Waals surface area contributed by atoms with E-state index in [1.54, 1.807) is 19.1 Å². The molecule has 2 aromatic carbocycles. The van der Waals surface area contributed by atoms with E-state index in [2.05, 4.69) is 5.32 Å². The second-order valence-electron chi connectivity index (χ2n) is 4.95. The van der Waals surface area contributed by atoms with Crippen LogP contribution in [0.1, 0.15) is 21.5 Å². The van der Waals surface area contributed by atoms with Gasteiger partial charge in [0.15, 0.2) is 0 Å². The number of hydrogen-bond donors (Lipinski definition) is 1. The van der Waals surface area contributed by atoms with Crippen molar-refractivity contribution in [2.75, 3.05) is 5.88 Å². The highest BCUT2D eigenvalue weighted by Crippen LogP contribution is 2.13. The third kappa shape index (κ3) is 4.05. The van der Waals surface area contributed by atoms with Crippen molar-refractivity contribution < 1.29 is 9.18 Å². The highest BCUT2D eigenvalue weighted by atomic mass is 35.5. The Morgan fingerprint density at radius 2 is 1.90 bits per heavy atom. The number of rotatable bonds is 5. The number of benzene rings is 2. The van der Waals surface area contributed by atoms with Crippen LogP contribution in [0.2, 0.25) is 0 Å². The van der Waals surface area contributed by atoms with Crippen molar-refractivity contribution in [1.82, 2.24) is 5.32 Å². The molecule has 2 nitrogen and oxygen atoms in total. The van der Waals surface area contributed by atoms with Gasteiger partial charge in [0.05, 0.1) is 5.56 Å². The molecule has 0 fully saturated rings. The third-order valence-electron chi connectivity index (χ3n) is 3.28. The fourth-order valence-corrected chi connectivity index (χ4v) is 2.31. The monoisotopic (exact) mass is 305 g/mol. The van der Waals surface area contributed by atoms with Crippen LogP contribution in [0.4, 0.5) is 4.39 Å². The minimum Gasteiger partial charge on any atom is -0.348 e. The normalized spacial score (nSPS) is 12.0. The molecule has 0 saturated carbocycles. The number of nitrogens with one attached hydrogen (secondary N) is 1. The Hall–Kier alpha value is -1.87. The first kappa shape index (κ1) is 15.5. The van der Waals surface area contributed by atoms with Gasteiger partial charge in [0.25, 0.3) is 5.91 Å². The molecule has 2 rings (SSSR count). The van der Waals surface area contributed by atoms with Crippen molar-refractivity contribution >= 4 is 17.5 Å². The van der Waals surface area contributed by atoms with E-state index in [0.29, 0.717) is 12.0 Å². The summed E-state index contributed by atoms with van der Waals surface area (Å²) in [7, 11) is 0. The van der Waals surface area contributed by atoms with Crippen LogP contribution in [0.5, 0.6) is 0 Å². The number of carbonyl (C=O) groups is 1. The van der Waals surface area contributed by atoms with E-state index in [4.69, 9.17) is 11.6 Å². The number of amides is 1. The summed E-state index contributed by atoms with van der Waals surface area (Å²) in [5.41, 5.74) is 1.58. The number of aryl methyl sites for hydroxylation is 1. The fourth-order valence-electron chi connectivity index (χ4n) is 2.13. The second kappa shape index (κ2) is 7.23. The first-order valence-electron chi connectivity index (χ1n) is 6.77. The summed E-state index contributed by atoms with van der Waals surface area (Å²) in [5.74, 6) is -0.644. The van der Waals surface area contributed by atoms with Crippen molar-refractivity contribution in [3.05, 3.63) is 71.0 Å². The highest BCUT2D eigenvalue weighted by Gasteiger charge is 2.17. The summed E-state index contributed by atoms with van der Waals surface area (Å²) in [6.45, 7) is 1.63. The number of alkyl halides is 1. The predicted molar refractivity (Wildman–Crippen MR) is 83.3 cm³/mol. The maximum atomic E-state index is 13.9. The zero-order valence-corrected chi connectivity index (χ0v) is 12.5. The maximum absolute atomic E-state index is 13.9. The van der Waals surface area contributed by atoms with Crippen LogP contribution in [0.15, 0.2) is 48.5 Å². The van der Waals surface area contributed by atoms with Gasteiger partial charge in [0, 0.05) is 11.9 Å². The molecule has 2 aromatic rings. The first-order valence-corrected chi connectivity index (χ1v) is 7.31. The predicted octanol–water partition coefficient (Wildman–Crippen LogP) is 3.71. The van der Waals surface area contributed by atoms with E-state index in [1.165, 1.54) is 6.07 Å². The van der Waals surface area contributed by atoms with Gasteiger partial charge in [-0.3, -0.25) is 4.79 Å². The summed E-state index contributed by atoms with van der Waals surface area (Å²) in [4.78, 5) is 12.2. The molecule has 0 aliphatic heterocycles. The van der Waals surface area contributed by atoms with Gasteiger partial charge in [0.1, 0.15) is 5.82 Å². The van der Waals surface area contributed by atoms with Gasteiger partial charge in [-0.1, -0.05) is 42.5 Å². The van der Waals surface area contributed by atoms with Crippen molar-refractivity contribution in [3.8, 4) is 0 Å². The standard InChI is InChI=1S/C17H17ClFNO/c1-12-6-5-9-15(16(12)19)17(21)20-14(11-18)10-13-7-3-2-4-8-13/h2-9,14H,10-11H2,1H3,(H,20,21).